The van der Waals surface area contributed by atoms with Crippen LogP contribution >= 0.6 is 0 Å². The molecule has 0 heterocycles. The molecule has 0 aliphatic rings. The van der Waals surface area contributed by atoms with Crippen LogP contribution in [-0.4, -0.2) is 44.3 Å². The van der Waals surface area contributed by atoms with E-state index in [1.54, 1.807) is 24.3 Å². The molecule has 11 heteroatoms. The van der Waals surface area contributed by atoms with Gasteiger partial charge in [0.1, 0.15) is 5.75 Å². The Morgan fingerprint density at radius 1 is 0.914 bits per heavy atom. The van der Waals surface area contributed by atoms with Crippen LogP contribution in [0.4, 0.5) is 5.69 Å². The highest BCUT2D eigenvalue weighted by Crippen LogP contribution is 2.38. The number of hydrazone groups is 1. The molecular formula is C24H21N3O8. The molecule has 180 valence electrons. The van der Waals surface area contributed by atoms with Crippen molar-refractivity contribution in [1.82, 2.24) is 5.43 Å². The maximum absolute atomic E-state index is 12.5. The van der Waals surface area contributed by atoms with E-state index in [1.807, 2.05) is 0 Å². The second-order valence-corrected chi connectivity index (χ2v) is 6.88. The molecule has 0 bridgehead atoms. The molecule has 3 aromatic rings. The molecule has 0 saturated carbocycles. The highest BCUT2D eigenvalue weighted by atomic mass is 16.6. The third-order valence-corrected chi connectivity index (χ3v) is 4.69. The molecule has 0 aliphatic heterocycles. The minimum Gasteiger partial charge on any atom is -0.493 e. The number of esters is 1. The van der Waals surface area contributed by atoms with Crippen LogP contribution in [0.15, 0.2) is 65.8 Å². The van der Waals surface area contributed by atoms with E-state index >= 15 is 0 Å². The molecule has 1 amide bonds. The number of methoxy groups -OCH3 is 3. The number of hydrogen-bond donors (Lipinski definition) is 1. The SMILES string of the molecule is COc1cc(C(=O)N/N=C/c2cccc(OC(=O)c3ccc([N+](=O)[O-])cc3)c2)cc(OC)c1OC. The number of carbonyl (C=O) groups is 2. The molecule has 0 aromatic heterocycles. The molecule has 0 spiro atoms. The van der Waals surface area contributed by atoms with Gasteiger partial charge >= 0.3 is 5.97 Å². The maximum atomic E-state index is 12.5. The number of carbonyl (C=O) groups excluding carboxylic acids is 2. The van der Waals surface area contributed by atoms with E-state index in [1.165, 1.54) is 63.9 Å². The number of rotatable bonds is 9. The lowest BCUT2D eigenvalue weighted by molar-refractivity contribution is -0.384. The van der Waals surface area contributed by atoms with Crippen molar-refractivity contribution in [1.29, 1.82) is 0 Å². The van der Waals surface area contributed by atoms with E-state index in [4.69, 9.17) is 18.9 Å². The van der Waals surface area contributed by atoms with E-state index in [-0.39, 0.29) is 22.6 Å². The van der Waals surface area contributed by atoms with E-state index < -0.39 is 16.8 Å². The first kappa shape index (κ1) is 24.7. The zero-order valence-corrected chi connectivity index (χ0v) is 19.0. The summed E-state index contributed by atoms with van der Waals surface area (Å²) in [6, 6.07) is 14.5. The minimum absolute atomic E-state index is 0.131. The van der Waals surface area contributed by atoms with E-state index in [2.05, 4.69) is 10.5 Å². The summed E-state index contributed by atoms with van der Waals surface area (Å²) in [6.07, 6.45) is 1.37. The Kier molecular flexibility index (Phi) is 7.96. The topological polar surface area (TPSA) is 139 Å². The van der Waals surface area contributed by atoms with Gasteiger partial charge in [0.15, 0.2) is 11.5 Å². The van der Waals surface area contributed by atoms with Gasteiger partial charge in [-0.1, -0.05) is 12.1 Å². The maximum Gasteiger partial charge on any atom is 0.343 e. The predicted molar refractivity (Wildman–Crippen MR) is 126 cm³/mol. The van der Waals surface area contributed by atoms with Gasteiger partial charge in [-0.05, 0) is 42.0 Å². The molecule has 35 heavy (non-hydrogen) atoms. The van der Waals surface area contributed by atoms with Gasteiger partial charge in [0.2, 0.25) is 5.75 Å². The number of nitro groups is 1. The first-order chi connectivity index (χ1) is 16.9. The summed E-state index contributed by atoms with van der Waals surface area (Å²) >= 11 is 0. The third-order valence-electron chi connectivity index (χ3n) is 4.69. The molecule has 0 unspecified atom stereocenters. The fourth-order valence-electron chi connectivity index (χ4n) is 2.99. The van der Waals surface area contributed by atoms with Crippen molar-refractivity contribution in [2.45, 2.75) is 0 Å². The minimum atomic E-state index is -0.676. The van der Waals surface area contributed by atoms with Crippen LogP contribution in [-0.2, 0) is 0 Å². The molecule has 3 aromatic carbocycles. The summed E-state index contributed by atoms with van der Waals surface area (Å²) in [5.41, 5.74) is 3.22. The van der Waals surface area contributed by atoms with Crippen LogP contribution in [0.5, 0.6) is 23.0 Å². The van der Waals surface area contributed by atoms with Gasteiger partial charge < -0.3 is 18.9 Å². The average Bonchev–Trinajstić information content (AvgIpc) is 2.87. The zero-order chi connectivity index (χ0) is 25.4. The number of non-ortho nitro benzene ring substituents is 1. The summed E-state index contributed by atoms with van der Waals surface area (Å²) < 4.78 is 21.0. The molecule has 1 N–H and O–H groups in total. The van der Waals surface area contributed by atoms with Gasteiger partial charge in [0, 0.05) is 17.7 Å². The molecule has 0 fully saturated rings. The Hall–Kier alpha value is -4.93. The Balaban J connectivity index is 1.67. The molecule has 0 atom stereocenters. The Morgan fingerprint density at radius 3 is 2.14 bits per heavy atom. The van der Waals surface area contributed by atoms with Crippen molar-refractivity contribution in [2.24, 2.45) is 5.10 Å². The lowest BCUT2D eigenvalue weighted by Gasteiger charge is -2.13. The lowest BCUT2D eigenvalue weighted by Crippen LogP contribution is -2.18. The van der Waals surface area contributed by atoms with Gasteiger partial charge in [-0.3, -0.25) is 14.9 Å². The van der Waals surface area contributed by atoms with Crippen LogP contribution < -0.4 is 24.4 Å². The first-order valence-corrected chi connectivity index (χ1v) is 10.1. The van der Waals surface area contributed by atoms with Crippen molar-refractivity contribution in [3.63, 3.8) is 0 Å². The number of benzene rings is 3. The fourth-order valence-corrected chi connectivity index (χ4v) is 2.99. The second kappa shape index (κ2) is 11.3. The summed E-state index contributed by atoms with van der Waals surface area (Å²) in [6.45, 7) is 0. The van der Waals surface area contributed by atoms with Crippen LogP contribution in [0.25, 0.3) is 0 Å². The van der Waals surface area contributed by atoms with E-state index in [0.29, 0.717) is 22.8 Å². The summed E-state index contributed by atoms with van der Waals surface area (Å²) in [4.78, 5) is 35.0. The Bertz CT molecular complexity index is 1250. The van der Waals surface area contributed by atoms with Crippen LogP contribution in [0.2, 0.25) is 0 Å². The van der Waals surface area contributed by atoms with Gasteiger partial charge in [-0.15, -0.1) is 0 Å². The van der Waals surface area contributed by atoms with Gasteiger partial charge in [0.25, 0.3) is 11.6 Å². The summed E-state index contributed by atoms with van der Waals surface area (Å²) in [7, 11) is 4.35. The van der Waals surface area contributed by atoms with Crippen molar-refractivity contribution >= 4 is 23.8 Å². The molecule has 3 rings (SSSR count). The van der Waals surface area contributed by atoms with Gasteiger partial charge in [-0.25, -0.2) is 10.2 Å². The Morgan fingerprint density at radius 2 is 1.57 bits per heavy atom. The van der Waals surface area contributed by atoms with Gasteiger partial charge in [-0.2, -0.15) is 5.10 Å². The van der Waals surface area contributed by atoms with Crippen molar-refractivity contribution < 1.29 is 33.5 Å². The first-order valence-electron chi connectivity index (χ1n) is 10.1. The number of nitrogens with one attached hydrogen (secondary N) is 1. The third kappa shape index (κ3) is 6.11. The second-order valence-electron chi connectivity index (χ2n) is 6.88. The highest BCUT2D eigenvalue weighted by molar-refractivity contribution is 5.96. The quantitative estimate of drug-likeness (QED) is 0.161. The van der Waals surface area contributed by atoms with Crippen LogP contribution in [0, 0.1) is 10.1 Å². The monoisotopic (exact) mass is 479 g/mol. The average molecular weight is 479 g/mol. The van der Waals surface area contributed by atoms with Crippen LogP contribution in [0.1, 0.15) is 26.3 Å². The van der Waals surface area contributed by atoms with Crippen molar-refractivity contribution in [3.8, 4) is 23.0 Å². The lowest BCUT2D eigenvalue weighted by atomic mass is 10.1. The summed E-state index contributed by atoms with van der Waals surface area (Å²) in [5.74, 6) is 0.0429. The normalized spacial score (nSPS) is 10.5. The fraction of sp³-hybridized carbons (Fsp3) is 0.125. The Labute approximate surface area is 200 Å². The zero-order valence-electron chi connectivity index (χ0n) is 19.0. The molecule has 0 saturated heterocycles. The number of ether oxygens (including phenoxy) is 4. The molecule has 0 radical (unpaired) electrons. The smallest absolute Gasteiger partial charge is 0.343 e. The molecule has 0 aliphatic carbocycles. The number of hydrogen-bond acceptors (Lipinski definition) is 9. The van der Waals surface area contributed by atoms with E-state index in [9.17, 15) is 19.7 Å². The number of amides is 1. The van der Waals surface area contributed by atoms with Crippen molar-refractivity contribution in [2.75, 3.05) is 21.3 Å². The molecule has 11 nitrogen and oxygen atoms in total. The van der Waals surface area contributed by atoms with E-state index in [0.717, 1.165) is 0 Å². The predicted octanol–water partition coefficient (Wildman–Crippen LogP) is 3.60. The standard InChI is InChI=1S/C24H21N3O8/c1-32-20-12-17(13-21(33-2)22(20)34-3)23(28)26-25-14-15-5-4-6-19(11-15)35-24(29)16-7-9-18(10-8-16)27(30)31/h4-14H,1-3H3,(H,26,28)/b25-14+. The number of nitro benzene ring substituents is 1. The largest absolute Gasteiger partial charge is 0.493 e. The van der Waals surface area contributed by atoms with Gasteiger partial charge in [0.05, 0.1) is 38.0 Å². The highest BCUT2D eigenvalue weighted by Gasteiger charge is 2.17. The van der Waals surface area contributed by atoms with Crippen LogP contribution in [0.3, 0.4) is 0 Å². The molecular weight excluding hydrogens is 458 g/mol. The summed E-state index contributed by atoms with van der Waals surface area (Å²) in [5, 5.41) is 14.7. The van der Waals surface area contributed by atoms with Crippen molar-refractivity contribution in [3.05, 3.63) is 87.5 Å². The number of nitrogens with zero attached hydrogens (tertiary/aromatic N) is 2.